The summed E-state index contributed by atoms with van der Waals surface area (Å²) in [7, 11) is 0. The summed E-state index contributed by atoms with van der Waals surface area (Å²) in [4.78, 5) is 34.9. The highest BCUT2D eigenvalue weighted by atomic mass is 19.1. The number of hydrogen-bond acceptors (Lipinski definition) is 7. The number of anilines is 2. The van der Waals surface area contributed by atoms with Gasteiger partial charge in [0.15, 0.2) is 0 Å². The zero-order chi connectivity index (χ0) is 25.4. The number of rotatable bonds is 6. The maximum absolute atomic E-state index is 15.5. The van der Waals surface area contributed by atoms with Crippen LogP contribution < -0.4 is 20.8 Å². The molecule has 0 radical (unpaired) electrons. The van der Waals surface area contributed by atoms with Gasteiger partial charge in [-0.2, -0.15) is 0 Å². The fourth-order valence-corrected chi connectivity index (χ4v) is 4.58. The van der Waals surface area contributed by atoms with Gasteiger partial charge in [0.25, 0.3) is 0 Å². The molecule has 5 rings (SSSR count). The fraction of sp³-hybridized carbons (Fsp3) is 0.231. The predicted octanol–water partition coefficient (Wildman–Crippen LogP) is 3.56. The van der Waals surface area contributed by atoms with Gasteiger partial charge >= 0.3 is 5.97 Å². The number of carbonyl (C=O) groups is 1. The van der Waals surface area contributed by atoms with E-state index in [4.69, 9.17) is 10.5 Å². The molecule has 0 saturated carbocycles. The molecule has 0 spiro atoms. The van der Waals surface area contributed by atoms with Crippen LogP contribution in [0.3, 0.4) is 0 Å². The van der Waals surface area contributed by atoms with E-state index in [0.717, 1.165) is 24.5 Å². The average molecular weight is 490 g/mol. The number of nitrogen functional groups attached to an aromatic ring is 1. The summed E-state index contributed by atoms with van der Waals surface area (Å²) in [5.41, 5.74) is 6.55. The van der Waals surface area contributed by atoms with E-state index in [-0.39, 0.29) is 17.2 Å². The van der Waals surface area contributed by atoms with Gasteiger partial charge in [0.1, 0.15) is 23.8 Å². The van der Waals surface area contributed by atoms with Gasteiger partial charge in [-0.05, 0) is 50.1 Å². The third-order valence-electron chi connectivity index (χ3n) is 6.41. The minimum atomic E-state index is -1.40. The van der Waals surface area contributed by atoms with Crippen molar-refractivity contribution in [2.45, 2.75) is 25.8 Å². The molecule has 0 aliphatic carbocycles. The quantitative estimate of drug-likeness (QED) is 0.421. The van der Waals surface area contributed by atoms with Crippen LogP contribution in [0.2, 0.25) is 0 Å². The molecule has 184 valence electrons. The number of benzene rings is 1. The van der Waals surface area contributed by atoms with E-state index in [1.54, 1.807) is 24.4 Å². The van der Waals surface area contributed by atoms with Gasteiger partial charge in [-0.15, -0.1) is 0 Å². The summed E-state index contributed by atoms with van der Waals surface area (Å²) >= 11 is 0. The number of carboxylic acid groups (broad SMARTS) is 1. The van der Waals surface area contributed by atoms with Crippen molar-refractivity contribution in [2.75, 3.05) is 23.8 Å². The van der Waals surface area contributed by atoms with E-state index in [1.165, 1.54) is 17.0 Å². The Labute approximate surface area is 205 Å². The van der Waals surface area contributed by atoms with Crippen molar-refractivity contribution in [2.24, 2.45) is 0 Å². The fourth-order valence-electron chi connectivity index (χ4n) is 4.58. The molecule has 3 aromatic heterocycles. The number of fused-ring (bicyclic) bond motifs is 1. The number of aromatic carboxylic acids is 1. The molecule has 1 saturated heterocycles. The number of nitrogens with two attached hydrogens (primary N) is 1. The summed E-state index contributed by atoms with van der Waals surface area (Å²) in [6, 6.07) is 9.56. The molecule has 1 atom stereocenters. The number of hydrogen-bond donors (Lipinski definition) is 2. The van der Waals surface area contributed by atoms with Gasteiger partial charge in [0.05, 0.1) is 29.1 Å². The molecular formula is C26H24FN5O4. The summed E-state index contributed by atoms with van der Waals surface area (Å²) in [6.07, 6.45) is 6.01. The first-order valence-corrected chi connectivity index (χ1v) is 11.5. The van der Waals surface area contributed by atoms with Gasteiger partial charge in [0.2, 0.25) is 11.3 Å². The molecule has 36 heavy (non-hydrogen) atoms. The minimum absolute atomic E-state index is 0.0379. The second-order valence-electron chi connectivity index (χ2n) is 8.73. The van der Waals surface area contributed by atoms with Crippen LogP contribution in [0.1, 0.15) is 28.8 Å². The van der Waals surface area contributed by atoms with Crippen LogP contribution in [-0.4, -0.2) is 44.8 Å². The zero-order valence-electron chi connectivity index (χ0n) is 19.5. The smallest absolute Gasteiger partial charge is 0.341 e. The van der Waals surface area contributed by atoms with Crippen LogP contribution in [0.4, 0.5) is 15.9 Å². The summed E-state index contributed by atoms with van der Waals surface area (Å²) in [5.74, 6) is -1.18. The molecule has 1 aliphatic heterocycles. The maximum Gasteiger partial charge on any atom is 0.341 e. The van der Waals surface area contributed by atoms with E-state index in [9.17, 15) is 14.7 Å². The van der Waals surface area contributed by atoms with Crippen LogP contribution in [-0.2, 0) is 0 Å². The first kappa shape index (κ1) is 23.3. The van der Waals surface area contributed by atoms with Crippen LogP contribution in [0.25, 0.3) is 16.6 Å². The molecule has 1 aromatic carbocycles. The molecule has 1 unspecified atom stereocenters. The van der Waals surface area contributed by atoms with Crippen LogP contribution in [0.15, 0.2) is 59.8 Å². The van der Waals surface area contributed by atoms with E-state index in [2.05, 4.69) is 9.97 Å². The molecule has 0 bridgehead atoms. The van der Waals surface area contributed by atoms with E-state index in [0.29, 0.717) is 35.9 Å². The standard InChI is InChI=1S/C26H24FN5O4/c1-15-4-2-8-29-25(15)36-14-17-5-3-9-31(17)22-11-21-18(10-20(22)27)24(33)19(26(34)35)13-32(21)16-6-7-23(28)30-12-16/h2,4,6-8,10-13,17H,3,5,9,14H2,1H3,(H2,28,30)(H,34,35). The highest BCUT2D eigenvalue weighted by molar-refractivity contribution is 5.94. The lowest BCUT2D eigenvalue weighted by atomic mass is 10.1. The van der Waals surface area contributed by atoms with Gasteiger partial charge in [0, 0.05) is 29.9 Å². The second kappa shape index (κ2) is 9.29. The lowest BCUT2D eigenvalue weighted by molar-refractivity contribution is 0.0695. The Balaban J connectivity index is 1.59. The van der Waals surface area contributed by atoms with Crippen LogP contribution in [0.5, 0.6) is 5.88 Å². The lowest BCUT2D eigenvalue weighted by Crippen LogP contribution is -2.35. The van der Waals surface area contributed by atoms with Crippen molar-refractivity contribution in [3.63, 3.8) is 0 Å². The van der Waals surface area contributed by atoms with Crippen molar-refractivity contribution < 1.29 is 19.0 Å². The Hall–Kier alpha value is -4.47. The normalized spacial score (nSPS) is 15.4. The zero-order valence-corrected chi connectivity index (χ0v) is 19.5. The van der Waals surface area contributed by atoms with Crippen molar-refractivity contribution in [3.8, 4) is 11.6 Å². The Morgan fingerprint density at radius 3 is 2.83 bits per heavy atom. The van der Waals surface area contributed by atoms with Crippen molar-refractivity contribution in [3.05, 3.63) is 82.2 Å². The largest absolute Gasteiger partial charge is 0.477 e. The number of halogens is 1. The number of carboxylic acids is 1. The molecule has 1 fully saturated rings. The van der Waals surface area contributed by atoms with Gasteiger partial charge in [-0.25, -0.2) is 19.2 Å². The molecule has 4 heterocycles. The Kier molecular flexibility index (Phi) is 6.01. The Morgan fingerprint density at radius 1 is 1.28 bits per heavy atom. The first-order valence-electron chi connectivity index (χ1n) is 11.5. The predicted molar refractivity (Wildman–Crippen MR) is 134 cm³/mol. The van der Waals surface area contributed by atoms with Gasteiger partial charge < -0.3 is 25.0 Å². The third-order valence-corrected chi connectivity index (χ3v) is 6.41. The Morgan fingerprint density at radius 2 is 2.11 bits per heavy atom. The molecule has 0 amide bonds. The summed E-state index contributed by atoms with van der Waals surface area (Å²) in [6.45, 7) is 2.84. The Bertz CT molecular complexity index is 1520. The van der Waals surface area contributed by atoms with Crippen molar-refractivity contribution in [1.82, 2.24) is 14.5 Å². The van der Waals surface area contributed by atoms with E-state index >= 15 is 4.39 Å². The number of aromatic nitrogens is 3. The summed E-state index contributed by atoms with van der Waals surface area (Å²) < 4.78 is 22.9. The van der Waals surface area contributed by atoms with Gasteiger partial charge in [-0.1, -0.05) is 6.07 Å². The number of aryl methyl sites for hydroxylation is 1. The van der Waals surface area contributed by atoms with Crippen molar-refractivity contribution >= 4 is 28.4 Å². The van der Waals surface area contributed by atoms with E-state index < -0.39 is 22.8 Å². The van der Waals surface area contributed by atoms with Gasteiger partial charge in [-0.3, -0.25) is 4.79 Å². The van der Waals surface area contributed by atoms with Crippen LogP contribution >= 0.6 is 0 Å². The average Bonchev–Trinajstić information content (AvgIpc) is 3.32. The van der Waals surface area contributed by atoms with Crippen LogP contribution in [0, 0.1) is 12.7 Å². The topological polar surface area (TPSA) is 124 Å². The molecule has 3 N–H and O–H groups in total. The highest BCUT2D eigenvalue weighted by Gasteiger charge is 2.29. The van der Waals surface area contributed by atoms with Crippen molar-refractivity contribution in [1.29, 1.82) is 0 Å². The summed E-state index contributed by atoms with van der Waals surface area (Å²) in [5, 5.41) is 9.54. The number of pyridine rings is 3. The SMILES string of the molecule is Cc1cccnc1OCC1CCCN1c1cc2c(cc1F)c(=O)c(C(=O)O)cn2-c1ccc(N)nc1. The maximum atomic E-state index is 15.5. The number of nitrogens with zero attached hydrogens (tertiary/aromatic N) is 4. The second-order valence-corrected chi connectivity index (χ2v) is 8.73. The first-order chi connectivity index (χ1) is 17.3. The molecule has 4 aromatic rings. The highest BCUT2D eigenvalue weighted by Crippen LogP contribution is 2.32. The molecule has 9 nitrogen and oxygen atoms in total. The number of ether oxygens (including phenoxy) is 1. The molecule has 10 heteroatoms. The third kappa shape index (κ3) is 4.21. The van der Waals surface area contributed by atoms with E-state index in [1.807, 2.05) is 24.0 Å². The minimum Gasteiger partial charge on any atom is -0.477 e. The lowest BCUT2D eigenvalue weighted by Gasteiger charge is -2.28. The molecular weight excluding hydrogens is 465 g/mol. The molecule has 1 aliphatic rings. The monoisotopic (exact) mass is 489 g/mol.